The number of thioether (sulfide) groups is 1. The number of carbonyl (C=O) groups excluding carboxylic acids is 1. The van der Waals surface area contributed by atoms with E-state index in [9.17, 15) is 4.79 Å². The molecule has 0 fully saturated rings. The number of ether oxygens (including phenoxy) is 1. The molecule has 0 amide bonds. The number of hydrogen-bond donors (Lipinski definition) is 0. The summed E-state index contributed by atoms with van der Waals surface area (Å²) >= 11 is 1.48. The van der Waals surface area contributed by atoms with Gasteiger partial charge in [-0.05, 0) is 18.4 Å². The zero-order valence-corrected chi connectivity index (χ0v) is 8.72. The van der Waals surface area contributed by atoms with Crippen LogP contribution >= 0.6 is 11.8 Å². The van der Waals surface area contributed by atoms with E-state index in [2.05, 4.69) is 9.58 Å². The number of carbonyl (C=O) groups is 1. The Morgan fingerprint density at radius 1 is 1.57 bits per heavy atom. The van der Waals surface area contributed by atoms with Crippen LogP contribution in [0.2, 0.25) is 0 Å². The summed E-state index contributed by atoms with van der Waals surface area (Å²) < 4.78 is 4.56. The molecule has 0 bridgehead atoms. The number of esters is 1. The molecular weight excluding hydrogens is 198 g/mol. The van der Waals surface area contributed by atoms with E-state index in [1.54, 1.807) is 18.2 Å². The molecule has 1 rings (SSSR count). The first kappa shape index (κ1) is 10.6. The predicted molar refractivity (Wildman–Crippen MR) is 55.8 cm³/mol. The minimum atomic E-state index is -0.414. The number of benzene rings is 1. The molecule has 0 aromatic heterocycles. The number of methoxy groups -OCH3 is 1. The first-order valence-corrected chi connectivity index (χ1v) is 5.09. The predicted octanol–water partition coefficient (Wildman–Crippen LogP) is 2.75. The van der Waals surface area contributed by atoms with Gasteiger partial charge in [0.1, 0.15) is 0 Å². The van der Waals surface area contributed by atoms with Crippen molar-refractivity contribution < 1.29 is 9.53 Å². The average Bonchev–Trinajstić information content (AvgIpc) is 2.26. The van der Waals surface area contributed by atoms with Gasteiger partial charge < -0.3 is 4.74 Å². The third-order valence-electron chi connectivity index (χ3n) is 1.72. The van der Waals surface area contributed by atoms with Crippen LogP contribution in [0.3, 0.4) is 0 Å². The lowest BCUT2D eigenvalue weighted by atomic mass is 10.2. The Morgan fingerprint density at radius 3 is 2.79 bits per heavy atom. The fourth-order valence-corrected chi connectivity index (χ4v) is 1.54. The Morgan fingerprint density at radius 2 is 2.29 bits per heavy atom. The first-order valence-electron chi connectivity index (χ1n) is 3.86. The summed E-state index contributed by atoms with van der Waals surface area (Å²) in [7, 11) is 1.32. The molecule has 0 radical (unpaired) electrons. The van der Waals surface area contributed by atoms with Gasteiger partial charge in [0.15, 0.2) is 0 Å². The molecule has 4 heteroatoms. The van der Waals surface area contributed by atoms with E-state index < -0.39 is 5.97 Å². The summed E-state index contributed by atoms with van der Waals surface area (Å²) in [5.41, 5.74) is 0.900. The lowest BCUT2D eigenvalue weighted by Gasteiger charge is -2.02. The lowest BCUT2D eigenvalue weighted by molar-refractivity contribution is 0.0601. The molecule has 0 spiro atoms. The van der Waals surface area contributed by atoms with Crippen LogP contribution in [-0.4, -0.2) is 19.3 Å². The van der Waals surface area contributed by atoms with E-state index >= 15 is 0 Å². The van der Waals surface area contributed by atoms with Gasteiger partial charge in [-0.25, -0.2) is 9.64 Å². The van der Waals surface area contributed by atoms with Crippen LogP contribution in [0.25, 0.3) is 4.85 Å². The molecule has 0 saturated heterocycles. The van der Waals surface area contributed by atoms with Crippen LogP contribution < -0.4 is 0 Å². The Kier molecular flexibility index (Phi) is 3.55. The molecule has 0 unspecified atom stereocenters. The maximum Gasteiger partial charge on any atom is 0.336 e. The summed E-state index contributed by atoms with van der Waals surface area (Å²) in [6, 6.07) is 4.96. The van der Waals surface area contributed by atoms with Gasteiger partial charge >= 0.3 is 5.97 Å². The van der Waals surface area contributed by atoms with Crippen LogP contribution in [-0.2, 0) is 4.74 Å². The van der Waals surface area contributed by atoms with Crippen molar-refractivity contribution in [1.82, 2.24) is 0 Å². The van der Waals surface area contributed by atoms with Crippen LogP contribution in [0.15, 0.2) is 23.1 Å². The van der Waals surface area contributed by atoms with Crippen molar-refractivity contribution in [3.63, 3.8) is 0 Å². The zero-order valence-electron chi connectivity index (χ0n) is 7.90. The molecule has 3 nitrogen and oxygen atoms in total. The molecule has 1 aromatic carbocycles. The summed E-state index contributed by atoms with van der Waals surface area (Å²) in [4.78, 5) is 15.4. The average molecular weight is 207 g/mol. The highest BCUT2D eigenvalue weighted by Gasteiger charge is 2.08. The summed E-state index contributed by atoms with van der Waals surface area (Å²) in [6.07, 6.45) is 1.89. The van der Waals surface area contributed by atoms with Gasteiger partial charge in [0.2, 0.25) is 5.69 Å². The second kappa shape index (κ2) is 4.68. The van der Waals surface area contributed by atoms with E-state index in [1.807, 2.05) is 6.26 Å². The highest BCUT2D eigenvalue weighted by molar-refractivity contribution is 7.98. The fraction of sp³-hybridized carbons (Fsp3) is 0.200. The van der Waals surface area contributed by atoms with Crippen molar-refractivity contribution in [3.05, 3.63) is 35.2 Å². The van der Waals surface area contributed by atoms with Gasteiger partial charge in [-0.3, -0.25) is 0 Å². The standard InChI is InChI=1S/C10H9NO2S/c1-11-8-6-7(10(12)13-2)4-5-9(8)14-3/h4-6H,2-3H3. The van der Waals surface area contributed by atoms with Crippen LogP contribution in [0, 0.1) is 6.57 Å². The summed E-state index contributed by atoms with van der Waals surface area (Å²) in [5.74, 6) is -0.414. The molecule has 0 atom stereocenters. The topological polar surface area (TPSA) is 30.7 Å². The third-order valence-corrected chi connectivity index (χ3v) is 2.51. The zero-order chi connectivity index (χ0) is 10.6. The minimum Gasteiger partial charge on any atom is -0.465 e. The maximum atomic E-state index is 11.1. The number of rotatable bonds is 2. The van der Waals surface area contributed by atoms with Crippen molar-refractivity contribution in [2.75, 3.05) is 13.4 Å². The number of nitrogens with zero attached hydrogens (tertiary/aromatic N) is 1. The monoisotopic (exact) mass is 207 g/mol. The molecule has 0 aliphatic heterocycles. The molecule has 1 aromatic rings. The maximum absolute atomic E-state index is 11.1. The third kappa shape index (κ3) is 2.06. The molecule has 0 aliphatic carbocycles. The van der Waals surface area contributed by atoms with Crippen LogP contribution in [0.5, 0.6) is 0 Å². The van der Waals surface area contributed by atoms with Gasteiger partial charge in [-0.15, -0.1) is 11.8 Å². The first-order chi connectivity index (χ1) is 6.72. The largest absolute Gasteiger partial charge is 0.465 e. The normalized spacial score (nSPS) is 9.21. The second-order valence-electron chi connectivity index (χ2n) is 2.49. The highest BCUT2D eigenvalue weighted by Crippen LogP contribution is 2.28. The van der Waals surface area contributed by atoms with Gasteiger partial charge in [-0.1, -0.05) is 6.07 Å². The smallest absolute Gasteiger partial charge is 0.336 e. The Labute approximate surface area is 86.9 Å². The van der Waals surface area contributed by atoms with Crippen molar-refractivity contribution >= 4 is 23.4 Å². The van der Waals surface area contributed by atoms with Crippen molar-refractivity contribution in [2.24, 2.45) is 0 Å². The molecular formula is C10H9NO2S. The molecule has 72 valence electrons. The summed E-state index contributed by atoms with van der Waals surface area (Å²) in [5, 5.41) is 0. The van der Waals surface area contributed by atoms with Crippen LogP contribution in [0.1, 0.15) is 10.4 Å². The molecule has 0 saturated carbocycles. The van der Waals surface area contributed by atoms with E-state index in [4.69, 9.17) is 6.57 Å². The Balaban J connectivity index is 3.15. The van der Waals surface area contributed by atoms with Gasteiger partial charge in [-0.2, -0.15) is 0 Å². The SMILES string of the molecule is [C-]#[N+]c1cc(C(=O)OC)ccc1SC. The van der Waals surface area contributed by atoms with E-state index in [0.29, 0.717) is 11.3 Å². The van der Waals surface area contributed by atoms with Gasteiger partial charge in [0, 0.05) is 10.5 Å². The molecule has 14 heavy (non-hydrogen) atoms. The van der Waals surface area contributed by atoms with Crippen LogP contribution in [0.4, 0.5) is 5.69 Å². The van der Waals surface area contributed by atoms with E-state index in [-0.39, 0.29) is 0 Å². The number of hydrogen-bond acceptors (Lipinski definition) is 3. The Hall–Kier alpha value is -1.47. The second-order valence-corrected chi connectivity index (χ2v) is 3.34. The van der Waals surface area contributed by atoms with Gasteiger partial charge in [0.25, 0.3) is 0 Å². The van der Waals surface area contributed by atoms with E-state index in [1.165, 1.54) is 18.9 Å². The highest BCUT2D eigenvalue weighted by atomic mass is 32.2. The van der Waals surface area contributed by atoms with Crippen molar-refractivity contribution in [2.45, 2.75) is 4.90 Å². The van der Waals surface area contributed by atoms with E-state index in [0.717, 1.165) is 4.90 Å². The fourth-order valence-electron chi connectivity index (χ4n) is 1.02. The minimum absolute atomic E-state index is 0.413. The van der Waals surface area contributed by atoms with Crippen molar-refractivity contribution in [1.29, 1.82) is 0 Å². The lowest BCUT2D eigenvalue weighted by Crippen LogP contribution is -2.00. The molecule has 0 heterocycles. The quantitative estimate of drug-likeness (QED) is 0.424. The van der Waals surface area contributed by atoms with Gasteiger partial charge in [0.05, 0.1) is 13.7 Å². The summed E-state index contributed by atoms with van der Waals surface area (Å²) in [6.45, 7) is 6.94. The Bertz CT molecular complexity index is 396. The molecule has 0 aliphatic rings. The van der Waals surface area contributed by atoms with Crippen molar-refractivity contribution in [3.8, 4) is 0 Å². The molecule has 0 N–H and O–H groups in total.